The van der Waals surface area contributed by atoms with Gasteiger partial charge in [0.1, 0.15) is 11.4 Å². The molecule has 1 fully saturated rings. The van der Waals surface area contributed by atoms with Gasteiger partial charge in [0.2, 0.25) is 0 Å². The van der Waals surface area contributed by atoms with Gasteiger partial charge in [0, 0.05) is 13.6 Å². The van der Waals surface area contributed by atoms with Gasteiger partial charge in [0.15, 0.2) is 5.76 Å². The van der Waals surface area contributed by atoms with Gasteiger partial charge in [-0.3, -0.25) is 4.79 Å². The van der Waals surface area contributed by atoms with Crippen molar-refractivity contribution < 1.29 is 14.4 Å². The average Bonchev–Trinajstić information content (AvgIpc) is 2.84. The van der Waals surface area contributed by atoms with Gasteiger partial charge in [-0.2, -0.15) is 0 Å². The number of aromatic nitrogens is 1. The predicted molar refractivity (Wildman–Crippen MR) is 63.2 cm³/mol. The number of carboxylic acid groups (broad SMARTS) is 1. The Kier molecular flexibility index (Phi) is 2.85. The summed E-state index contributed by atoms with van der Waals surface area (Å²) in [6.45, 7) is 4.53. The number of carbonyl (C=O) groups is 1. The fraction of sp³-hybridized carbons (Fsp3) is 0.667. The summed E-state index contributed by atoms with van der Waals surface area (Å²) in [7, 11) is 1.97. The van der Waals surface area contributed by atoms with E-state index in [1.807, 2.05) is 20.9 Å². The van der Waals surface area contributed by atoms with Crippen LogP contribution in [0.3, 0.4) is 0 Å². The molecule has 1 saturated carbocycles. The second kappa shape index (κ2) is 4.05. The van der Waals surface area contributed by atoms with Crippen LogP contribution in [0.5, 0.6) is 0 Å². The first-order chi connectivity index (χ1) is 7.93. The van der Waals surface area contributed by atoms with E-state index < -0.39 is 5.97 Å². The first-order valence-electron chi connectivity index (χ1n) is 5.79. The van der Waals surface area contributed by atoms with Gasteiger partial charge in [-0.15, -0.1) is 0 Å². The van der Waals surface area contributed by atoms with Crippen molar-refractivity contribution in [3.8, 4) is 0 Å². The second-order valence-corrected chi connectivity index (χ2v) is 5.10. The van der Waals surface area contributed by atoms with Gasteiger partial charge >= 0.3 is 5.97 Å². The van der Waals surface area contributed by atoms with Crippen molar-refractivity contribution in [1.29, 1.82) is 0 Å². The van der Waals surface area contributed by atoms with Crippen LogP contribution in [0, 0.1) is 19.3 Å². The SMILES string of the molecule is Cc1noc(C)c1N(C)CC1(CC(=O)O)CC1. The molecule has 94 valence electrons. The number of hydrogen-bond acceptors (Lipinski definition) is 4. The molecule has 2 rings (SSSR count). The normalized spacial score (nSPS) is 16.9. The molecule has 0 bridgehead atoms. The van der Waals surface area contributed by atoms with E-state index in [1.54, 1.807) is 0 Å². The van der Waals surface area contributed by atoms with Crippen molar-refractivity contribution >= 4 is 11.7 Å². The Balaban J connectivity index is 2.07. The number of anilines is 1. The highest BCUT2D eigenvalue weighted by Crippen LogP contribution is 2.49. The highest BCUT2D eigenvalue weighted by atomic mass is 16.5. The minimum Gasteiger partial charge on any atom is -0.481 e. The summed E-state index contributed by atoms with van der Waals surface area (Å²) in [6.07, 6.45) is 2.24. The molecule has 0 radical (unpaired) electrons. The maximum atomic E-state index is 10.8. The molecule has 0 spiro atoms. The van der Waals surface area contributed by atoms with Crippen LogP contribution in [-0.4, -0.2) is 29.8 Å². The van der Waals surface area contributed by atoms with E-state index in [0.29, 0.717) is 0 Å². The van der Waals surface area contributed by atoms with Crippen LogP contribution in [0.25, 0.3) is 0 Å². The summed E-state index contributed by atoms with van der Waals surface area (Å²) in [5.74, 6) is 0.0748. The Labute approximate surface area is 100 Å². The zero-order valence-corrected chi connectivity index (χ0v) is 10.5. The smallest absolute Gasteiger partial charge is 0.303 e. The molecular formula is C12H18N2O3. The van der Waals surface area contributed by atoms with Crippen LogP contribution in [0.2, 0.25) is 0 Å². The summed E-state index contributed by atoms with van der Waals surface area (Å²) in [5, 5.41) is 12.8. The highest BCUT2D eigenvalue weighted by Gasteiger charge is 2.45. The predicted octanol–water partition coefficient (Wildman–Crippen LogP) is 1.98. The Hall–Kier alpha value is -1.52. The number of hydrogen-bond donors (Lipinski definition) is 1. The van der Waals surface area contributed by atoms with Gasteiger partial charge in [0.05, 0.1) is 6.42 Å². The van der Waals surface area contributed by atoms with Gasteiger partial charge in [-0.05, 0) is 32.1 Å². The zero-order valence-electron chi connectivity index (χ0n) is 10.5. The molecule has 0 unspecified atom stereocenters. The molecule has 1 aromatic heterocycles. The number of aryl methyl sites for hydroxylation is 2. The first kappa shape index (κ1) is 12.0. The van der Waals surface area contributed by atoms with Crippen LogP contribution in [0.4, 0.5) is 5.69 Å². The third-order valence-corrected chi connectivity index (χ3v) is 3.43. The summed E-state index contributed by atoms with van der Waals surface area (Å²) in [5.41, 5.74) is 1.80. The molecule has 1 heterocycles. The molecule has 5 heteroatoms. The van der Waals surface area contributed by atoms with Crippen LogP contribution in [-0.2, 0) is 4.79 Å². The van der Waals surface area contributed by atoms with Gasteiger partial charge in [0.25, 0.3) is 0 Å². The molecule has 1 N–H and O–H groups in total. The fourth-order valence-electron chi connectivity index (χ4n) is 2.49. The van der Waals surface area contributed by atoms with E-state index >= 15 is 0 Å². The molecule has 1 aliphatic rings. The third-order valence-electron chi connectivity index (χ3n) is 3.43. The average molecular weight is 238 g/mol. The summed E-state index contributed by atoms with van der Waals surface area (Å²) < 4.78 is 5.12. The van der Waals surface area contributed by atoms with E-state index in [-0.39, 0.29) is 11.8 Å². The molecule has 0 atom stereocenters. The summed E-state index contributed by atoms with van der Waals surface area (Å²) in [6, 6.07) is 0. The minimum absolute atomic E-state index is 0.0449. The van der Waals surface area contributed by atoms with E-state index in [1.165, 1.54) is 0 Å². The van der Waals surface area contributed by atoms with Crippen molar-refractivity contribution in [2.24, 2.45) is 5.41 Å². The lowest BCUT2D eigenvalue weighted by Crippen LogP contribution is -2.28. The lowest BCUT2D eigenvalue weighted by Gasteiger charge is -2.24. The maximum absolute atomic E-state index is 10.8. The molecule has 5 nitrogen and oxygen atoms in total. The van der Waals surface area contributed by atoms with E-state index in [2.05, 4.69) is 10.1 Å². The highest BCUT2D eigenvalue weighted by molar-refractivity contribution is 5.68. The minimum atomic E-state index is -0.713. The Morgan fingerprint density at radius 2 is 2.18 bits per heavy atom. The largest absolute Gasteiger partial charge is 0.481 e. The molecule has 0 amide bonds. The third kappa shape index (κ3) is 2.43. The number of carboxylic acids is 1. The molecular weight excluding hydrogens is 220 g/mol. The van der Waals surface area contributed by atoms with Crippen molar-refractivity contribution in [3.05, 3.63) is 11.5 Å². The monoisotopic (exact) mass is 238 g/mol. The fourth-order valence-corrected chi connectivity index (χ4v) is 2.49. The number of aliphatic carboxylic acids is 1. The molecule has 1 aliphatic carbocycles. The van der Waals surface area contributed by atoms with Crippen molar-refractivity contribution in [2.75, 3.05) is 18.5 Å². The molecule has 0 saturated heterocycles. The van der Waals surface area contributed by atoms with Gasteiger partial charge in [-0.1, -0.05) is 5.16 Å². The lowest BCUT2D eigenvalue weighted by molar-refractivity contribution is -0.138. The van der Waals surface area contributed by atoms with Crippen molar-refractivity contribution in [2.45, 2.75) is 33.1 Å². The van der Waals surface area contributed by atoms with E-state index in [0.717, 1.165) is 36.5 Å². The molecule has 0 aliphatic heterocycles. The molecule has 0 aromatic carbocycles. The van der Waals surface area contributed by atoms with Gasteiger partial charge < -0.3 is 14.5 Å². The Bertz CT molecular complexity index is 415. The van der Waals surface area contributed by atoms with E-state index in [9.17, 15) is 4.79 Å². The number of nitrogens with zero attached hydrogens (tertiary/aromatic N) is 2. The Morgan fingerprint density at radius 1 is 1.53 bits per heavy atom. The van der Waals surface area contributed by atoms with Crippen molar-refractivity contribution in [3.63, 3.8) is 0 Å². The molecule has 17 heavy (non-hydrogen) atoms. The lowest BCUT2D eigenvalue weighted by atomic mass is 10.0. The van der Waals surface area contributed by atoms with Crippen LogP contribution < -0.4 is 4.90 Å². The van der Waals surface area contributed by atoms with E-state index in [4.69, 9.17) is 9.63 Å². The first-order valence-corrected chi connectivity index (χ1v) is 5.79. The maximum Gasteiger partial charge on any atom is 0.303 e. The van der Waals surface area contributed by atoms with Crippen LogP contribution in [0.15, 0.2) is 4.52 Å². The second-order valence-electron chi connectivity index (χ2n) is 5.10. The molecule has 1 aromatic rings. The van der Waals surface area contributed by atoms with Crippen LogP contribution in [0.1, 0.15) is 30.7 Å². The van der Waals surface area contributed by atoms with Crippen LogP contribution >= 0.6 is 0 Å². The Morgan fingerprint density at radius 3 is 2.59 bits per heavy atom. The summed E-state index contributed by atoms with van der Waals surface area (Å²) in [4.78, 5) is 12.9. The number of rotatable bonds is 5. The van der Waals surface area contributed by atoms with Gasteiger partial charge in [-0.25, -0.2) is 0 Å². The standard InChI is InChI=1S/C12H18N2O3/c1-8-11(9(2)17-13-8)14(3)7-12(4-5-12)6-10(15)16/h4-7H2,1-3H3,(H,15,16). The zero-order chi connectivity index (χ0) is 12.6. The summed E-state index contributed by atoms with van der Waals surface area (Å²) >= 11 is 0. The van der Waals surface area contributed by atoms with Crippen molar-refractivity contribution in [1.82, 2.24) is 5.16 Å². The topological polar surface area (TPSA) is 66.6 Å². The quantitative estimate of drug-likeness (QED) is 0.849.